The van der Waals surface area contributed by atoms with Gasteiger partial charge in [0.15, 0.2) is 9.84 Å². The molecule has 0 spiro atoms. The smallest absolute Gasteiger partial charge is 0.394 e. The summed E-state index contributed by atoms with van der Waals surface area (Å²) in [5, 5.41) is 17.6. The second-order valence-electron chi connectivity index (χ2n) is 4.09. The maximum Gasteiger partial charge on any atom is 0.416 e. The van der Waals surface area contributed by atoms with E-state index in [4.69, 9.17) is 10.2 Å². The minimum absolute atomic E-state index is 0.193. The van der Waals surface area contributed by atoms with Gasteiger partial charge in [0.05, 0.1) is 29.8 Å². The van der Waals surface area contributed by atoms with Gasteiger partial charge in [-0.15, -0.1) is 0 Å². The number of aliphatic hydroxyl groups excluding tert-OH is 2. The molecule has 0 aliphatic carbocycles. The van der Waals surface area contributed by atoms with Crippen LogP contribution in [0.4, 0.5) is 13.2 Å². The van der Waals surface area contributed by atoms with Gasteiger partial charge in [0, 0.05) is 0 Å². The maximum atomic E-state index is 12.3. The Labute approximate surface area is 108 Å². The molecule has 0 aliphatic rings. The van der Waals surface area contributed by atoms with Gasteiger partial charge in [-0.25, -0.2) is 8.42 Å². The third-order valence-corrected chi connectivity index (χ3v) is 3.99. The molecule has 0 bridgehead atoms. The van der Waals surface area contributed by atoms with Crippen molar-refractivity contribution in [2.75, 3.05) is 12.4 Å². The van der Waals surface area contributed by atoms with Crippen molar-refractivity contribution in [2.24, 2.45) is 0 Å². The summed E-state index contributed by atoms with van der Waals surface area (Å²) in [6.07, 6.45) is -5.86. The van der Waals surface area contributed by atoms with E-state index in [2.05, 4.69) is 0 Å². The minimum Gasteiger partial charge on any atom is -0.394 e. The van der Waals surface area contributed by atoms with E-state index >= 15 is 0 Å². The van der Waals surface area contributed by atoms with Gasteiger partial charge >= 0.3 is 6.18 Å². The molecule has 0 amide bonds. The molecule has 0 unspecified atom stereocenters. The molecule has 1 rings (SSSR count). The first-order valence-electron chi connectivity index (χ1n) is 5.29. The highest BCUT2D eigenvalue weighted by Gasteiger charge is 2.30. The Morgan fingerprint density at radius 1 is 1.16 bits per heavy atom. The lowest BCUT2D eigenvalue weighted by molar-refractivity contribution is -0.137. The molecule has 0 fully saturated rings. The third kappa shape index (κ3) is 5.17. The van der Waals surface area contributed by atoms with Gasteiger partial charge < -0.3 is 10.2 Å². The summed E-state index contributed by atoms with van der Waals surface area (Å²) in [7, 11) is -3.69. The van der Waals surface area contributed by atoms with Crippen molar-refractivity contribution in [3.05, 3.63) is 35.4 Å². The second-order valence-corrected chi connectivity index (χ2v) is 6.19. The lowest BCUT2D eigenvalue weighted by atomic mass is 10.1. The highest BCUT2D eigenvalue weighted by atomic mass is 32.2. The first-order chi connectivity index (χ1) is 8.64. The summed E-state index contributed by atoms with van der Waals surface area (Å²) in [5.41, 5.74) is -0.665. The van der Waals surface area contributed by atoms with Crippen LogP contribution in [0.1, 0.15) is 11.1 Å². The lowest BCUT2D eigenvalue weighted by Gasteiger charge is -2.10. The van der Waals surface area contributed by atoms with Crippen LogP contribution in [0, 0.1) is 0 Å². The van der Waals surface area contributed by atoms with Gasteiger partial charge in [-0.3, -0.25) is 0 Å². The van der Waals surface area contributed by atoms with Crippen molar-refractivity contribution in [3.63, 3.8) is 0 Å². The van der Waals surface area contributed by atoms with E-state index < -0.39 is 45.8 Å². The lowest BCUT2D eigenvalue weighted by Crippen LogP contribution is -2.25. The van der Waals surface area contributed by atoms with E-state index in [1.165, 1.54) is 0 Å². The van der Waals surface area contributed by atoms with E-state index in [9.17, 15) is 21.6 Å². The quantitative estimate of drug-likeness (QED) is 0.849. The van der Waals surface area contributed by atoms with Crippen molar-refractivity contribution in [1.29, 1.82) is 0 Å². The van der Waals surface area contributed by atoms with Crippen LogP contribution in [0.15, 0.2) is 24.3 Å². The van der Waals surface area contributed by atoms with Crippen molar-refractivity contribution in [1.82, 2.24) is 0 Å². The van der Waals surface area contributed by atoms with E-state index in [0.29, 0.717) is 0 Å². The Hall–Kier alpha value is -1.12. The van der Waals surface area contributed by atoms with Gasteiger partial charge in [-0.1, -0.05) is 12.1 Å². The molecule has 0 heterocycles. The molecule has 4 nitrogen and oxygen atoms in total. The van der Waals surface area contributed by atoms with Crippen molar-refractivity contribution < 1.29 is 31.8 Å². The summed E-state index contributed by atoms with van der Waals surface area (Å²) in [6.45, 7) is -0.688. The van der Waals surface area contributed by atoms with Crippen LogP contribution >= 0.6 is 0 Å². The highest BCUT2D eigenvalue weighted by molar-refractivity contribution is 7.90. The van der Waals surface area contributed by atoms with Gasteiger partial charge in [-0.05, 0) is 17.7 Å². The number of alkyl halides is 3. The fraction of sp³-hybridized carbons (Fsp3) is 0.455. The fourth-order valence-electron chi connectivity index (χ4n) is 1.45. The van der Waals surface area contributed by atoms with Gasteiger partial charge in [0.1, 0.15) is 0 Å². The Morgan fingerprint density at radius 2 is 1.68 bits per heavy atom. The second kappa shape index (κ2) is 5.89. The standard InChI is InChI=1S/C11H13F3O4S/c12-11(13,14)9-3-1-8(2-4-9)6-19(17,18)7-10(16)5-15/h1-4,10,15-16H,5-7H2/t10-/m1/s1. The summed E-state index contributed by atoms with van der Waals surface area (Å²) < 4.78 is 60.0. The number of hydrogen-bond acceptors (Lipinski definition) is 4. The molecule has 8 heteroatoms. The van der Waals surface area contributed by atoms with Crippen molar-refractivity contribution in [2.45, 2.75) is 18.0 Å². The molecule has 0 saturated heterocycles. The zero-order valence-electron chi connectivity index (χ0n) is 9.76. The van der Waals surface area contributed by atoms with E-state index in [0.717, 1.165) is 24.3 Å². The van der Waals surface area contributed by atoms with Crippen molar-refractivity contribution in [3.8, 4) is 0 Å². The third-order valence-electron chi connectivity index (χ3n) is 2.32. The first kappa shape index (κ1) is 15.9. The number of aliphatic hydroxyl groups is 2. The number of halogens is 3. The number of hydrogen-bond donors (Lipinski definition) is 2. The van der Waals surface area contributed by atoms with Gasteiger partial charge in [-0.2, -0.15) is 13.2 Å². The predicted octanol–water partition coefficient (Wildman–Crippen LogP) is 0.973. The van der Waals surface area contributed by atoms with Crippen LogP contribution in [0.25, 0.3) is 0 Å². The predicted molar refractivity (Wildman–Crippen MR) is 62.0 cm³/mol. The Balaban J connectivity index is 2.78. The largest absolute Gasteiger partial charge is 0.416 e. The van der Waals surface area contributed by atoms with E-state index in [-0.39, 0.29) is 5.56 Å². The van der Waals surface area contributed by atoms with Gasteiger partial charge in [0.2, 0.25) is 0 Å². The summed E-state index contributed by atoms with van der Waals surface area (Å²) in [5.74, 6) is -1.12. The normalized spacial score (nSPS) is 14.4. The zero-order chi connectivity index (χ0) is 14.7. The van der Waals surface area contributed by atoms with Crippen LogP contribution in [0.2, 0.25) is 0 Å². The van der Waals surface area contributed by atoms with Crippen LogP contribution < -0.4 is 0 Å². The van der Waals surface area contributed by atoms with Crippen LogP contribution in [-0.2, 0) is 21.8 Å². The molecule has 0 aliphatic heterocycles. The topological polar surface area (TPSA) is 74.6 Å². The molecule has 1 aromatic rings. The van der Waals surface area contributed by atoms with E-state index in [1.807, 2.05) is 0 Å². The Kier molecular flexibility index (Phi) is 4.94. The molecule has 0 aromatic heterocycles. The summed E-state index contributed by atoms with van der Waals surface area (Å²) in [6, 6.07) is 3.75. The first-order valence-corrected chi connectivity index (χ1v) is 7.11. The zero-order valence-corrected chi connectivity index (χ0v) is 10.6. The SMILES string of the molecule is O=S(=O)(Cc1ccc(C(F)(F)F)cc1)C[C@H](O)CO. The number of sulfone groups is 1. The average Bonchev–Trinajstić information content (AvgIpc) is 2.27. The maximum absolute atomic E-state index is 12.3. The molecule has 0 saturated carbocycles. The molecule has 108 valence electrons. The Bertz CT molecular complexity index is 508. The monoisotopic (exact) mass is 298 g/mol. The molecule has 0 radical (unpaired) electrons. The summed E-state index contributed by atoms with van der Waals surface area (Å²) >= 11 is 0. The molecule has 19 heavy (non-hydrogen) atoms. The average molecular weight is 298 g/mol. The van der Waals surface area contributed by atoms with Crippen LogP contribution in [-0.4, -0.2) is 37.1 Å². The molecule has 1 aromatic carbocycles. The Morgan fingerprint density at radius 3 is 2.11 bits per heavy atom. The van der Waals surface area contributed by atoms with Gasteiger partial charge in [0.25, 0.3) is 0 Å². The van der Waals surface area contributed by atoms with Crippen molar-refractivity contribution >= 4 is 9.84 Å². The van der Waals surface area contributed by atoms with Crippen LogP contribution in [0.5, 0.6) is 0 Å². The number of rotatable bonds is 5. The van der Waals surface area contributed by atoms with Crippen LogP contribution in [0.3, 0.4) is 0 Å². The fourth-order valence-corrected chi connectivity index (χ4v) is 2.96. The number of benzene rings is 1. The molecular weight excluding hydrogens is 285 g/mol. The summed E-state index contributed by atoms with van der Waals surface area (Å²) in [4.78, 5) is 0. The van der Waals surface area contributed by atoms with E-state index in [1.54, 1.807) is 0 Å². The molecule has 2 N–H and O–H groups in total. The molecular formula is C11H13F3O4S. The molecule has 1 atom stereocenters. The minimum atomic E-state index is -4.47. The highest BCUT2D eigenvalue weighted by Crippen LogP contribution is 2.29.